The third-order valence-corrected chi connectivity index (χ3v) is 14.2. The number of amides is 13. The number of nitrogens with two attached hydrogens (primary N) is 2. The van der Waals surface area contributed by atoms with Crippen LogP contribution in [-0.4, -0.2) is 249 Å². The van der Waals surface area contributed by atoms with Crippen molar-refractivity contribution >= 4 is 119 Å². The lowest BCUT2D eigenvalue weighted by Crippen LogP contribution is -2.59. The van der Waals surface area contributed by atoms with Crippen molar-refractivity contribution in [1.29, 1.82) is 5.41 Å². The van der Waals surface area contributed by atoms with Crippen molar-refractivity contribution in [2.45, 2.75) is 139 Å². The van der Waals surface area contributed by atoms with Crippen LogP contribution in [0.2, 0.25) is 0 Å². The zero-order valence-corrected chi connectivity index (χ0v) is 52.9. The molecule has 0 bridgehead atoms. The van der Waals surface area contributed by atoms with Crippen LogP contribution in [0.15, 0.2) is 30.3 Å². The van der Waals surface area contributed by atoms with Gasteiger partial charge in [0.05, 0.1) is 51.7 Å². The summed E-state index contributed by atoms with van der Waals surface area (Å²) >= 11 is 4.03. The normalized spacial score (nSPS) is 15.2. The molecule has 1 aliphatic heterocycles. The number of carboxylic acids is 4. The molecular weight excluding hydrogens is 1280 g/mol. The quantitative estimate of drug-likeness (QED) is 0.0125. The number of guanidine groups is 1. The van der Waals surface area contributed by atoms with E-state index < -0.39 is 231 Å². The van der Waals surface area contributed by atoms with Crippen LogP contribution in [0.3, 0.4) is 0 Å². The van der Waals surface area contributed by atoms with Crippen LogP contribution >= 0.6 is 12.6 Å². The summed E-state index contributed by atoms with van der Waals surface area (Å²) in [6.07, 6.45) is -2.65. The number of aliphatic hydroxyl groups excluding tert-OH is 1. The monoisotopic (exact) mass is 1370 g/mol. The highest BCUT2D eigenvalue weighted by Crippen LogP contribution is 2.18. The third kappa shape index (κ3) is 30.4. The maximum atomic E-state index is 13.6. The molecule has 1 aromatic carbocycles. The van der Waals surface area contributed by atoms with Crippen LogP contribution < -0.4 is 80.6 Å². The topological polar surface area (TPSA) is 627 Å². The van der Waals surface area contributed by atoms with Crippen molar-refractivity contribution in [2.24, 2.45) is 17.4 Å². The third-order valence-electron chi connectivity index (χ3n) is 13.8. The van der Waals surface area contributed by atoms with Crippen LogP contribution in [-0.2, 0) is 87.9 Å². The van der Waals surface area contributed by atoms with Crippen molar-refractivity contribution in [3.8, 4) is 0 Å². The van der Waals surface area contributed by atoms with E-state index in [9.17, 15) is 107 Å². The minimum atomic E-state index is -2.02. The Morgan fingerprint density at radius 1 is 0.568 bits per heavy atom. The van der Waals surface area contributed by atoms with Gasteiger partial charge in [0.1, 0.15) is 54.4 Å². The predicted octanol–water partition coefficient (Wildman–Crippen LogP) is -9.35. The van der Waals surface area contributed by atoms with Gasteiger partial charge in [-0.2, -0.15) is 12.6 Å². The molecule has 1 heterocycles. The number of carboxylic acid groups (broad SMARTS) is 4. The fourth-order valence-corrected chi connectivity index (χ4v) is 8.99. The van der Waals surface area contributed by atoms with Crippen LogP contribution in [0.5, 0.6) is 0 Å². The number of carbonyl (C=O) groups excluding carboxylic acids is 13. The van der Waals surface area contributed by atoms with Crippen LogP contribution in [0.4, 0.5) is 0 Å². The zero-order valence-electron chi connectivity index (χ0n) is 52.0. The number of hydrogen-bond donors (Lipinski definition) is 22. The standard InChI is InChI=1S/C55H83N17O22S/c1-26(2)44(54(93)94)71-51(90)31(17-28-9-5-4-6-10-28)68-53(92)36-12-8-16-72(36)40(77)23-60-37(74)20-62-48(87)34(24-73)69-50(89)33(19-43(82)83)66-39(76)22-63-47(86)30(13-14-41(78)79)67-52(91)35(25-95)70-45(84)27(3)64-49(88)32(18-42(80)81)65-38(75)21-61-46(85)29(56)11-7-15-59-55(57)58/h4-6,9-10,26-27,29-36,44,73,95H,7-8,11-25,56H2,1-3H3,(H,60,74)(H,61,85)(H,62,87)(H,63,86)(H,64,88)(H,65,75)(H,66,76)(H,67,91)(H,68,92)(H,69,89)(H,70,84)(H,71,90)(H,78,79)(H,80,81)(H,82,83)(H,93,94)(H4,57,58,59)/t27-,29-,30-,31-,32-,33-,34-,35-,36-,44-/m0/s1. The minimum absolute atomic E-state index is 0.0304. The first-order valence-electron chi connectivity index (χ1n) is 29.5. The second-order valence-corrected chi connectivity index (χ2v) is 22.1. The highest BCUT2D eigenvalue weighted by atomic mass is 32.1. The molecule has 0 spiro atoms. The Kier molecular flexibility index (Phi) is 35.2. The Balaban J connectivity index is 2.01. The molecule has 2 rings (SSSR count). The largest absolute Gasteiger partial charge is 0.481 e. The molecule has 0 radical (unpaired) electrons. The highest BCUT2D eigenvalue weighted by Gasteiger charge is 2.38. The lowest BCUT2D eigenvalue weighted by Gasteiger charge is -2.27. The van der Waals surface area contributed by atoms with E-state index in [-0.39, 0.29) is 38.3 Å². The van der Waals surface area contributed by atoms with Gasteiger partial charge in [-0.3, -0.25) is 82.1 Å². The molecule has 1 saturated heterocycles. The number of rotatable bonds is 42. The maximum absolute atomic E-state index is 13.6. The number of nitrogens with one attached hydrogen (secondary N) is 14. The predicted molar refractivity (Wildman–Crippen MR) is 330 cm³/mol. The average molecular weight is 1370 g/mol. The molecule has 1 fully saturated rings. The van der Waals surface area contributed by atoms with Gasteiger partial charge in [-0.1, -0.05) is 44.2 Å². The van der Waals surface area contributed by atoms with Gasteiger partial charge in [-0.15, -0.1) is 0 Å². The van der Waals surface area contributed by atoms with Gasteiger partial charge in [0, 0.05) is 31.7 Å². The summed E-state index contributed by atoms with van der Waals surface area (Å²) in [5.74, 6) is -20.9. The summed E-state index contributed by atoms with van der Waals surface area (Å²) in [7, 11) is 0. The van der Waals surface area contributed by atoms with Gasteiger partial charge in [0.2, 0.25) is 76.8 Å². The minimum Gasteiger partial charge on any atom is -0.481 e. The number of aliphatic hydroxyl groups is 1. The first-order chi connectivity index (χ1) is 44.7. The SMILES string of the molecule is CC(C)[C@H](NC(=O)[C@H](Cc1ccccc1)NC(=O)[C@@H]1CCCN1C(=O)CNC(=O)CNC(=O)[C@H](CO)NC(=O)[C@H](CC(=O)O)NC(=O)CNC(=O)[C@H](CCC(=O)O)NC(=O)[C@H](CS)NC(=O)[C@H](C)NC(=O)[C@H](CC(=O)O)NC(=O)CNC(=O)[C@@H](N)CCCNC(=N)N)C(=O)O. The highest BCUT2D eigenvalue weighted by molar-refractivity contribution is 7.80. The number of nitrogens with zero attached hydrogens (tertiary/aromatic N) is 1. The number of benzene rings is 1. The molecule has 1 aromatic rings. The van der Waals surface area contributed by atoms with Crippen molar-refractivity contribution in [3.05, 3.63) is 35.9 Å². The van der Waals surface area contributed by atoms with Crippen molar-refractivity contribution < 1.29 is 107 Å². The lowest BCUT2D eigenvalue weighted by molar-refractivity contribution is -0.144. The second-order valence-electron chi connectivity index (χ2n) is 21.7. The second kappa shape index (κ2) is 41.4. The van der Waals surface area contributed by atoms with E-state index in [0.717, 1.165) is 11.8 Å². The average Bonchev–Trinajstić information content (AvgIpc) is 1.81. The lowest BCUT2D eigenvalue weighted by atomic mass is 10.0. The molecule has 0 aliphatic carbocycles. The summed E-state index contributed by atoms with van der Waals surface area (Å²) in [4.78, 5) is 218. The molecule has 40 heteroatoms. The molecule has 0 unspecified atom stereocenters. The number of likely N-dealkylation sites (tertiary alicyclic amines) is 1. The first kappa shape index (κ1) is 80.8. The van der Waals surface area contributed by atoms with Crippen molar-refractivity contribution in [2.75, 3.05) is 51.6 Å². The Bertz CT molecular complexity index is 2960. The van der Waals surface area contributed by atoms with E-state index in [4.69, 9.17) is 16.9 Å². The van der Waals surface area contributed by atoms with Gasteiger partial charge >= 0.3 is 23.9 Å². The van der Waals surface area contributed by atoms with Crippen molar-refractivity contribution in [1.82, 2.24) is 74.0 Å². The fourth-order valence-electron chi connectivity index (χ4n) is 8.73. The van der Waals surface area contributed by atoms with E-state index in [1.807, 2.05) is 10.6 Å². The fraction of sp³-hybridized carbons (Fsp3) is 0.564. The van der Waals surface area contributed by atoms with E-state index >= 15 is 0 Å². The van der Waals surface area contributed by atoms with Crippen molar-refractivity contribution in [3.63, 3.8) is 0 Å². The van der Waals surface area contributed by atoms with Crippen LogP contribution in [0.1, 0.15) is 77.7 Å². The molecule has 526 valence electrons. The van der Waals surface area contributed by atoms with E-state index in [1.165, 1.54) is 0 Å². The number of thiol groups is 1. The summed E-state index contributed by atoms with van der Waals surface area (Å²) in [6.45, 7) is 0.0272. The number of hydrogen-bond acceptors (Lipinski definition) is 21. The Hall–Kier alpha value is -10.2. The number of carbonyl (C=O) groups is 17. The molecule has 13 amide bonds. The molecular formula is C55H83N17O22S. The van der Waals surface area contributed by atoms with Gasteiger partial charge in [-0.05, 0) is 50.5 Å². The molecule has 39 nitrogen and oxygen atoms in total. The van der Waals surface area contributed by atoms with E-state index in [1.54, 1.807) is 44.2 Å². The van der Waals surface area contributed by atoms with Gasteiger partial charge in [0.15, 0.2) is 5.96 Å². The smallest absolute Gasteiger partial charge is 0.326 e. The molecule has 23 N–H and O–H groups in total. The number of aliphatic carboxylic acids is 4. The van der Waals surface area contributed by atoms with Gasteiger partial charge in [0.25, 0.3) is 0 Å². The molecule has 10 atom stereocenters. The Morgan fingerprint density at radius 2 is 1.08 bits per heavy atom. The molecule has 95 heavy (non-hydrogen) atoms. The molecule has 0 saturated carbocycles. The van der Waals surface area contributed by atoms with Gasteiger partial charge < -0.3 is 111 Å². The zero-order chi connectivity index (χ0) is 71.6. The van der Waals surface area contributed by atoms with Crippen LogP contribution in [0, 0.1) is 11.3 Å². The van der Waals surface area contributed by atoms with E-state index in [2.05, 4.69) is 71.1 Å². The summed E-state index contributed by atoms with van der Waals surface area (Å²) < 4.78 is 0. The summed E-state index contributed by atoms with van der Waals surface area (Å²) in [5, 5.41) is 84.0. The Labute approximate surface area is 547 Å². The van der Waals surface area contributed by atoms with E-state index in [0.29, 0.717) is 18.4 Å². The summed E-state index contributed by atoms with van der Waals surface area (Å²) in [5.41, 5.74) is 11.6. The van der Waals surface area contributed by atoms with Crippen LogP contribution in [0.25, 0.3) is 0 Å². The maximum Gasteiger partial charge on any atom is 0.326 e. The summed E-state index contributed by atoms with van der Waals surface area (Å²) in [6, 6.07) is -6.91. The van der Waals surface area contributed by atoms with Gasteiger partial charge in [-0.25, -0.2) is 4.79 Å². The first-order valence-corrected chi connectivity index (χ1v) is 30.1. The molecule has 1 aliphatic rings. The molecule has 0 aromatic heterocycles. The Morgan fingerprint density at radius 3 is 1.61 bits per heavy atom.